The van der Waals surface area contributed by atoms with Crippen LogP contribution in [0.1, 0.15) is 17.3 Å². The van der Waals surface area contributed by atoms with Gasteiger partial charge in [-0.3, -0.25) is 4.79 Å². The van der Waals surface area contributed by atoms with Crippen molar-refractivity contribution >= 4 is 5.78 Å². The second-order valence-electron chi connectivity index (χ2n) is 3.65. The Morgan fingerprint density at radius 2 is 2.06 bits per heavy atom. The van der Waals surface area contributed by atoms with Crippen LogP contribution in [0.3, 0.4) is 0 Å². The minimum atomic E-state index is -0.462. The molecule has 0 aliphatic rings. The van der Waals surface area contributed by atoms with Crippen molar-refractivity contribution in [1.82, 2.24) is 9.78 Å². The van der Waals surface area contributed by atoms with Gasteiger partial charge < -0.3 is 5.73 Å². The molecule has 0 amide bonds. The molecule has 4 nitrogen and oxygen atoms in total. The van der Waals surface area contributed by atoms with Crippen LogP contribution in [0.5, 0.6) is 0 Å². The van der Waals surface area contributed by atoms with Gasteiger partial charge in [-0.05, 0) is 37.3 Å². The van der Waals surface area contributed by atoms with Crippen molar-refractivity contribution in [1.29, 1.82) is 0 Å². The Balaban J connectivity index is 2.27. The van der Waals surface area contributed by atoms with Crippen LogP contribution in [-0.4, -0.2) is 21.6 Å². The molecule has 0 saturated carbocycles. The van der Waals surface area contributed by atoms with Crippen molar-refractivity contribution in [3.63, 3.8) is 0 Å². The summed E-state index contributed by atoms with van der Waals surface area (Å²) in [6.45, 7) is 1.68. The number of hydrogen-bond donors (Lipinski definition) is 1. The molecule has 1 aromatic carbocycles. The summed E-state index contributed by atoms with van der Waals surface area (Å²) in [5, 5.41) is 4.10. The second kappa shape index (κ2) is 4.28. The number of carbonyl (C=O) groups is 1. The van der Waals surface area contributed by atoms with E-state index in [1.165, 1.54) is 0 Å². The standard InChI is InChI=1S/C12H13N3O/c1-9(13)12(16)10-3-5-11(6-4-10)15-8-2-7-14-15/h2-9H,13H2,1H3. The molecule has 0 aliphatic heterocycles. The summed E-state index contributed by atoms with van der Waals surface area (Å²) >= 11 is 0. The summed E-state index contributed by atoms with van der Waals surface area (Å²) in [5.41, 5.74) is 7.09. The van der Waals surface area contributed by atoms with E-state index in [-0.39, 0.29) is 5.78 Å². The maximum atomic E-state index is 11.6. The van der Waals surface area contributed by atoms with Crippen molar-refractivity contribution in [2.75, 3.05) is 0 Å². The Kier molecular flexibility index (Phi) is 2.83. The van der Waals surface area contributed by atoms with Crippen LogP contribution in [0.25, 0.3) is 5.69 Å². The molecule has 1 unspecified atom stereocenters. The molecule has 0 saturated heterocycles. The van der Waals surface area contributed by atoms with Gasteiger partial charge in [-0.2, -0.15) is 5.10 Å². The molecule has 0 bridgehead atoms. The van der Waals surface area contributed by atoms with Gasteiger partial charge in [0, 0.05) is 18.0 Å². The fourth-order valence-corrected chi connectivity index (χ4v) is 1.46. The summed E-state index contributed by atoms with van der Waals surface area (Å²) < 4.78 is 1.74. The van der Waals surface area contributed by atoms with Gasteiger partial charge in [0.25, 0.3) is 0 Å². The normalized spacial score (nSPS) is 12.4. The molecule has 1 aromatic heterocycles. The Morgan fingerprint density at radius 3 is 2.56 bits per heavy atom. The van der Waals surface area contributed by atoms with Crippen LogP contribution in [0.4, 0.5) is 0 Å². The fourth-order valence-electron chi connectivity index (χ4n) is 1.46. The summed E-state index contributed by atoms with van der Waals surface area (Å²) in [7, 11) is 0. The first-order chi connectivity index (χ1) is 7.68. The molecule has 0 spiro atoms. The first kappa shape index (κ1) is 10.6. The largest absolute Gasteiger partial charge is 0.321 e. The highest BCUT2D eigenvalue weighted by atomic mass is 16.1. The van der Waals surface area contributed by atoms with Gasteiger partial charge in [-0.25, -0.2) is 4.68 Å². The molecule has 2 aromatic rings. The maximum Gasteiger partial charge on any atom is 0.179 e. The number of Topliss-reactive ketones (excluding diaryl/α,β-unsaturated/α-hetero) is 1. The van der Waals surface area contributed by atoms with E-state index < -0.39 is 6.04 Å². The SMILES string of the molecule is CC(N)C(=O)c1ccc(-n2cccn2)cc1. The summed E-state index contributed by atoms with van der Waals surface area (Å²) in [4.78, 5) is 11.6. The van der Waals surface area contributed by atoms with Gasteiger partial charge in [0.2, 0.25) is 0 Å². The Bertz CT molecular complexity index is 471. The van der Waals surface area contributed by atoms with Crippen molar-refractivity contribution < 1.29 is 4.79 Å². The summed E-state index contributed by atoms with van der Waals surface area (Å²) in [5.74, 6) is -0.0491. The monoisotopic (exact) mass is 215 g/mol. The smallest absolute Gasteiger partial charge is 0.179 e. The summed E-state index contributed by atoms with van der Waals surface area (Å²) in [6.07, 6.45) is 3.56. The molecule has 2 rings (SSSR count). The van der Waals surface area contributed by atoms with Crippen LogP contribution < -0.4 is 5.73 Å². The Labute approximate surface area is 93.7 Å². The van der Waals surface area contributed by atoms with Gasteiger partial charge in [-0.1, -0.05) is 0 Å². The van der Waals surface area contributed by atoms with Crippen LogP contribution in [-0.2, 0) is 0 Å². The van der Waals surface area contributed by atoms with E-state index in [0.29, 0.717) is 5.56 Å². The van der Waals surface area contributed by atoms with E-state index in [4.69, 9.17) is 5.73 Å². The number of hydrogen-bond acceptors (Lipinski definition) is 3. The molecule has 16 heavy (non-hydrogen) atoms. The number of benzene rings is 1. The predicted octanol–water partition coefficient (Wildman–Crippen LogP) is 1.40. The lowest BCUT2D eigenvalue weighted by atomic mass is 10.1. The Morgan fingerprint density at radius 1 is 1.38 bits per heavy atom. The average Bonchev–Trinajstić information content (AvgIpc) is 2.81. The van der Waals surface area contributed by atoms with Crippen molar-refractivity contribution in [3.05, 3.63) is 48.3 Å². The third-order valence-electron chi connectivity index (χ3n) is 2.33. The molecular formula is C12H13N3O. The van der Waals surface area contributed by atoms with E-state index in [0.717, 1.165) is 5.69 Å². The second-order valence-corrected chi connectivity index (χ2v) is 3.65. The first-order valence-electron chi connectivity index (χ1n) is 5.08. The van der Waals surface area contributed by atoms with E-state index in [1.807, 2.05) is 24.4 Å². The number of aromatic nitrogens is 2. The first-order valence-corrected chi connectivity index (χ1v) is 5.08. The van der Waals surface area contributed by atoms with Crippen LogP contribution in [0.2, 0.25) is 0 Å². The van der Waals surface area contributed by atoms with E-state index in [2.05, 4.69) is 5.10 Å². The molecule has 0 fully saturated rings. The van der Waals surface area contributed by atoms with Gasteiger partial charge in [0.1, 0.15) is 0 Å². The molecule has 0 aliphatic carbocycles. The maximum absolute atomic E-state index is 11.6. The zero-order valence-electron chi connectivity index (χ0n) is 9.00. The predicted molar refractivity (Wildman–Crippen MR) is 61.5 cm³/mol. The number of ketones is 1. The number of carbonyl (C=O) groups excluding carboxylic acids is 1. The average molecular weight is 215 g/mol. The minimum absolute atomic E-state index is 0.0491. The molecule has 1 atom stereocenters. The molecule has 82 valence electrons. The topological polar surface area (TPSA) is 60.9 Å². The molecule has 0 radical (unpaired) electrons. The van der Waals surface area contributed by atoms with Crippen molar-refractivity contribution in [3.8, 4) is 5.69 Å². The van der Waals surface area contributed by atoms with E-state index >= 15 is 0 Å². The highest BCUT2D eigenvalue weighted by molar-refractivity contribution is 5.99. The van der Waals surface area contributed by atoms with Gasteiger partial charge in [-0.15, -0.1) is 0 Å². The molecule has 2 N–H and O–H groups in total. The lowest BCUT2D eigenvalue weighted by molar-refractivity contribution is 0.0968. The lowest BCUT2D eigenvalue weighted by Gasteiger charge is -2.05. The highest BCUT2D eigenvalue weighted by Crippen LogP contribution is 2.09. The van der Waals surface area contributed by atoms with E-state index in [1.54, 1.807) is 29.9 Å². The van der Waals surface area contributed by atoms with Gasteiger partial charge in [0.15, 0.2) is 5.78 Å². The zero-order chi connectivity index (χ0) is 11.5. The van der Waals surface area contributed by atoms with Crippen LogP contribution in [0.15, 0.2) is 42.7 Å². The number of nitrogens with zero attached hydrogens (tertiary/aromatic N) is 2. The lowest BCUT2D eigenvalue weighted by Crippen LogP contribution is -2.26. The number of nitrogens with two attached hydrogens (primary N) is 1. The molecule has 1 heterocycles. The van der Waals surface area contributed by atoms with Gasteiger partial charge in [0.05, 0.1) is 11.7 Å². The van der Waals surface area contributed by atoms with Crippen molar-refractivity contribution in [2.45, 2.75) is 13.0 Å². The highest BCUT2D eigenvalue weighted by Gasteiger charge is 2.10. The van der Waals surface area contributed by atoms with Crippen LogP contribution in [0, 0.1) is 0 Å². The molecular weight excluding hydrogens is 202 g/mol. The fraction of sp³-hybridized carbons (Fsp3) is 0.167. The van der Waals surface area contributed by atoms with Gasteiger partial charge >= 0.3 is 0 Å². The van der Waals surface area contributed by atoms with Crippen molar-refractivity contribution in [2.24, 2.45) is 5.73 Å². The summed E-state index contributed by atoms with van der Waals surface area (Å²) in [6, 6.07) is 8.62. The minimum Gasteiger partial charge on any atom is -0.321 e. The zero-order valence-corrected chi connectivity index (χ0v) is 9.00. The number of rotatable bonds is 3. The quantitative estimate of drug-likeness (QED) is 0.787. The third-order valence-corrected chi connectivity index (χ3v) is 2.33. The third kappa shape index (κ3) is 2.01. The molecule has 4 heteroatoms. The van der Waals surface area contributed by atoms with E-state index in [9.17, 15) is 4.79 Å². The van der Waals surface area contributed by atoms with Crippen LogP contribution >= 0.6 is 0 Å². The Hall–Kier alpha value is -1.94.